The number of unbranched alkanes of at least 4 members (excludes halogenated alkanes) is 1. The van der Waals surface area contributed by atoms with Crippen LogP contribution in [0.15, 0.2) is 48.5 Å². The van der Waals surface area contributed by atoms with Crippen LogP contribution >= 0.6 is 0 Å². The minimum atomic E-state index is -5.08. The Morgan fingerprint density at radius 3 is 2.12 bits per heavy atom. The number of amides is 1. The number of hydrogen-bond acceptors (Lipinski definition) is 2. The van der Waals surface area contributed by atoms with Gasteiger partial charge >= 0.3 is 12.1 Å². The first kappa shape index (κ1) is 25.4. The van der Waals surface area contributed by atoms with Gasteiger partial charge in [0.1, 0.15) is 0 Å². The second-order valence-corrected chi connectivity index (χ2v) is 8.20. The third-order valence-electron chi connectivity index (χ3n) is 5.70. The lowest BCUT2D eigenvalue weighted by Gasteiger charge is -2.21. The van der Waals surface area contributed by atoms with Crippen LogP contribution in [0.1, 0.15) is 67.3 Å². The van der Waals surface area contributed by atoms with Gasteiger partial charge in [-0.1, -0.05) is 81.3 Å². The van der Waals surface area contributed by atoms with Crippen molar-refractivity contribution in [1.82, 2.24) is 0 Å². The Hall–Kier alpha value is -2.83. The minimum Gasteiger partial charge on any atom is -0.475 e. The summed E-state index contributed by atoms with van der Waals surface area (Å²) in [5.74, 6) is -2.15. The zero-order valence-corrected chi connectivity index (χ0v) is 18.0. The number of aliphatic carboxylic acids is 1. The summed E-state index contributed by atoms with van der Waals surface area (Å²) < 4.78 is 31.7. The van der Waals surface area contributed by atoms with E-state index in [9.17, 15) is 18.0 Å². The zero-order valence-electron chi connectivity index (χ0n) is 18.0. The second kappa shape index (κ2) is 12.3. The molecule has 0 bridgehead atoms. The Balaban J connectivity index is 0.000000451. The number of primary amides is 1. The van der Waals surface area contributed by atoms with Crippen molar-refractivity contribution in [3.63, 3.8) is 0 Å². The van der Waals surface area contributed by atoms with Crippen LogP contribution in [0.4, 0.5) is 13.2 Å². The maximum atomic E-state index is 11.4. The smallest absolute Gasteiger partial charge is 0.475 e. The molecule has 7 heteroatoms. The second-order valence-electron chi connectivity index (χ2n) is 8.20. The van der Waals surface area contributed by atoms with Gasteiger partial charge in [-0.05, 0) is 47.6 Å². The number of carbonyl (C=O) groups excluding carboxylic acids is 1. The van der Waals surface area contributed by atoms with Crippen molar-refractivity contribution in [2.45, 2.75) is 64.0 Å². The lowest BCUT2D eigenvalue weighted by Crippen LogP contribution is -2.21. The van der Waals surface area contributed by atoms with Gasteiger partial charge in [0.15, 0.2) is 0 Å². The summed E-state index contributed by atoms with van der Waals surface area (Å²) in [4.78, 5) is 20.3. The Kier molecular flexibility index (Phi) is 9.75. The molecule has 3 rings (SSSR count). The van der Waals surface area contributed by atoms with E-state index in [1.54, 1.807) is 6.07 Å². The number of carbonyl (C=O) groups is 2. The number of rotatable bonds is 7. The third kappa shape index (κ3) is 8.73. The molecule has 0 atom stereocenters. The molecule has 0 heterocycles. The van der Waals surface area contributed by atoms with E-state index in [1.165, 1.54) is 56.9 Å². The summed E-state index contributed by atoms with van der Waals surface area (Å²) in [5.41, 5.74) is 9.56. The van der Waals surface area contributed by atoms with E-state index in [2.05, 4.69) is 24.3 Å². The van der Waals surface area contributed by atoms with Crippen molar-refractivity contribution >= 4 is 11.9 Å². The maximum Gasteiger partial charge on any atom is 0.490 e. The quantitative estimate of drug-likeness (QED) is 0.481. The first-order chi connectivity index (χ1) is 15.2. The zero-order chi connectivity index (χ0) is 23.6. The van der Waals surface area contributed by atoms with Gasteiger partial charge in [-0.2, -0.15) is 13.2 Å². The average Bonchev–Trinajstić information content (AvgIpc) is 2.77. The number of carboxylic acids is 1. The molecule has 0 aliphatic heterocycles. The highest BCUT2D eigenvalue weighted by Gasteiger charge is 2.38. The van der Waals surface area contributed by atoms with Crippen LogP contribution in [0.3, 0.4) is 0 Å². The molecule has 0 aromatic heterocycles. The van der Waals surface area contributed by atoms with E-state index in [1.807, 2.05) is 18.2 Å². The van der Waals surface area contributed by atoms with E-state index < -0.39 is 12.1 Å². The predicted molar refractivity (Wildman–Crippen MR) is 118 cm³/mol. The molecule has 1 aliphatic rings. The first-order valence-corrected chi connectivity index (χ1v) is 11.0. The molecule has 1 fully saturated rings. The lowest BCUT2D eigenvalue weighted by atomic mass is 9.85. The standard InChI is InChI=1S/C23H29NO.C2HF3O2/c24-23(25)22-15-7-14-21(17-22)20-13-6-12-19(16-20)11-5-4-10-18-8-2-1-3-9-18;3-2(4,5)1(6)7/h6-7,12-18H,1-5,8-11H2,(H2,24,25);(H,6,7). The molecule has 0 saturated heterocycles. The van der Waals surface area contributed by atoms with Gasteiger partial charge in [-0.25, -0.2) is 4.79 Å². The Bertz CT molecular complexity index is 890. The maximum absolute atomic E-state index is 11.4. The van der Waals surface area contributed by atoms with Crippen molar-refractivity contribution in [3.8, 4) is 11.1 Å². The molecular formula is C25H30F3NO3. The molecule has 3 N–H and O–H groups in total. The molecule has 1 saturated carbocycles. The van der Waals surface area contributed by atoms with Crippen molar-refractivity contribution in [1.29, 1.82) is 0 Å². The number of aryl methyl sites for hydroxylation is 1. The van der Waals surface area contributed by atoms with E-state index in [0.717, 1.165) is 23.5 Å². The van der Waals surface area contributed by atoms with Gasteiger partial charge in [-0.15, -0.1) is 0 Å². The molecule has 1 aliphatic carbocycles. The fourth-order valence-corrected chi connectivity index (χ4v) is 4.00. The SMILES string of the molecule is NC(=O)c1cccc(-c2cccc(CCCCC3CCCCC3)c2)c1.O=C(O)C(F)(F)F. The summed E-state index contributed by atoms with van der Waals surface area (Å²) in [6.45, 7) is 0. The highest BCUT2D eigenvalue weighted by Crippen LogP contribution is 2.28. The van der Waals surface area contributed by atoms with Gasteiger partial charge in [0.05, 0.1) is 0 Å². The van der Waals surface area contributed by atoms with E-state index in [-0.39, 0.29) is 5.91 Å². The third-order valence-corrected chi connectivity index (χ3v) is 5.70. The summed E-state index contributed by atoms with van der Waals surface area (Å²) >= 11 is 0. The van der Waals surface area contributed by atoms with E-state index >= 15 is 0 Å². The highest BCUT2D eigenvalue weighted by atomic mass is 19.4. The first-order valence-electron chi connectivity index (χ1n) is 11.0. The van der Waals surface area contributed by atoms with Gasteiger partial charge in [-0.3, -0.25) is 4.79 Å². The summed E-state index contributed by atoms with van der Waals surface area (Å²) in [7, 11) is 0. The van der Waals surface area contributed by atoms with Crippen molar-refractivity contribution < 1.29 is 27.9 Å². The lowest BCUT2D eigenvalue weighted by molar-refractivity contribution is -0.192. The number of hydrogen-bond donors (Lipinski definition) is 2. The van der Waals surface area contributed by atoms with Crippen molar-refractivity contribution in [2.24, 2.45) is 11.7 Å². The van der Waals surface area contributed by atoms with Crippen LogP contribution < -0.4 is 5.73 Å². The van der Waals surface area contributed by atoms with Crippen LogP contribution in [-0.2, 0) is 11.2 Å². The number of halogens is 3. The minimum absolute atomic E-state index is 0.374. The molecule has 0 spiro atoms. The van der Waals surface area contributed by atoms with E-state index in [0.29, 0.717) is 5.56 Å². The van der Waals surface area contributed by atoms with Crippen LogP contribution in [0, 0.1) is 5.92 Å². The summed E-state index contributed by atoms with van der Waals surface area (Å²) in [6.07, 6.45) is 7.29. The fraction of sp³-hybridized carbons (Fsp3) is 0.440. The van der Waals surface area contributed by atoms with Gasteiger partial charge in [0.25, 0.3) is 0 Å². The topological polar surface area (TPSA) is 80.4 Å². The number of nitrogens with two attached hydrogens (primary N) is 1. The van der Waals surface area contributed by atoms with E-state index in [4.69, 9.17) is 15.6 Å². The molecule has 0 radical (unpaired) electrons. The van der Waals surface area contributed by atoms with Crippen LogP contribution in [-0.4, -0.2) is 23.2 Å². The number of benzene rings is 2. The van der Waals surface area contributed by atoms with Crippen LogP contribution in [0.25, 0.3) is 11.1 Å². The average molecular weight is 450 g/mol. The van der Waals surface area contributed by atoms with Crippen LogP contribution in [0.2, 0.25) is 0 Å². The van der Waals surface area contributed by atoms with Gasteiger partial charge in [0, 0.05) is 5.56 Å². The molecule has 4 nitrogen and oxygen atoms in total. The van der Waals surface area contributed by atoms with Gasteiger partial charge in [0.2, 0.25) is 5.91 Å². The molecule has 0 unspecified atom stereocenters. The predicted octanol–water partition coefficient (Wildman–Crippen LogP) is 6.38. The van der Waals surface area contributed by atoms with Gasteiger partial charge < -0.3 is 10.8 Å². The summed E-state index contributed by atoms with van der Waals surface area (Å²) in [5, 5.41) is 7.12. The van der Waals surface area contributed by atoms with Crippen molar-refractivity contribution in [2.75, 3.05) is 0 Å². The Morgan fingerprint density at radius 2 is 1.53 bits per heavy atom. The van der Waals surface area contributed by atoms with Crippen molar-refractivity contribution in [3.05, 3.63) is 59.7 Å². The number of carboxylic acid groups (broad SMARTS) is 1. The largest absolute Gasteiger partial charge is 0.490 e. The molecule has 2 aromatic carbocycles. The molecule has 174 valence electrons. The normalized spacial score (nSPS) is 14.3. The monoisotopic (exact) mass is 449 g/mol. The fourth-order valence-electron chi connectivity index (χ4n) is 4.00. The van der Waals surface area contributed by atoms with Crippen LogP contribution in [0.5, 0.6) is 0 Å². The Morgan fingerprint density at radius 1 is 0.938 bits per heavy atom. The summed E-state index contributed by atoms with van der Waals surface area (Å²) in [6, 6.07) is 16.3. The highest BCUT2D eigenvalue weighted by molar-refractivity contribution is 5.94. The molecular weight excluding hydrogens is 419 g/mol. The Labute approximate surface area is 186 Å². The molecule has 32 heavy (non-hydrogen) atoms. The number of alkyl halides is 3. The molecule has 1 amide bonds. The molecule has 2 aromatic rings.